The Labute approximate surface area is 155 Å². The van der Waals surface area contributed by atoms with Crippen LogP contribution in [0.25, 0.3) is 0 Å². The number of nitrogens with one attached hydrogen (secondary N) is 1. The monoisotopic (exact) mass is 377 g/mol. The number of ketones is 2. The lowest BCUT2D eigenvalue weighted by Crippen LogP contribution is -2.26. The first-order valence-electron chi connectivity index (χ1n) is 8.03. The van der Waals surface area contributed by atoms with E-state index in [2.05, 4.69) is 4.98 Å². The molecule has 0 fully saturated rings. The molecule has 0 saturated carbocycles. The van der Waals surface area contributed by atoms with Crippen LogP contribution in [-0.4, -0.2) is 34.4 Å². The maximum atomic E-state index is 13.5. The molecule has 1 aromatic carbocycles. The quantitative estimate of drug-likeness (QED) is 0.450. The van der Waals surface area contributed by atoms with Crippen molar-refractivity contribution < 1.29 is 23.5 Å². The number of thioether (sulfide) groups is 1. The highest BCUT2D eigenvalue weighted by Crippen LogP contribution is 2.23. The van der Waals surface area contributed by atoms with Crippen molar-refractivity contribution in [1.82, 2.24) is 4.98 Å². The van der Waals surface area contributed by atoms with Crippen LogP contribution >= 0.6 is 11.8 Å². The zero-order valence-corrected chi connectivity index (χ0v) is 15.8. The lowest BCUT2D eigenvalue weighted by molar-refractivity contribution is -0.143. The van der Waals surface area contributed by atoms with E-state index in [4.69, 9.17) is 4.74 Å². The van der Waals surface area contributed by atoms with Gasteiger partial charge in [-0.15, -0.1) is 11.8 Å². The summed E-state index contributed by atoms with van der Waals surface area (Å²) in [5.74, 6) is -1.70. The predicted octanol–water partition coefficient (Wildman–Crippen LogP) is 3.88. The van der Waals surface area contributed by atoms with Crippen molar-refractivity contribution in [3.63, 3.8) is 0 Å². The van der Waals surface area contributed by atoms with E-state index in [1.54, 1.807) is 32.0 Å². The number of carbonyl (C=O) groups is 3. The molecule has 2 aromatic rings. The van der Waals surface area contributed by atoms with E-state index < -0.39 is 23.7 Å². The first-order valence-corrected chi connectivity index (χ1v) is 9.02. The zero-order chi connectivity index (χ0) is 19.4. The molecule has 0 amide bonds. The number of esters is 1. The summed E-state index contributed by atoms with van der Waals surface area (Å²) in [6.07, 6.45) is -1.01. The summed E-state index contributed by atoms with van der Waals surface area (Å²) in [5, 5.41) is 0. The van der Waals surface area contributed by atoms with Crippen LogP contribution in [0.5, 0.6) is 0 Å². The van der Waals surface area contributed by atoms with Gasteiger partial charge in [0.05, 0.1) is 11.4 Å². The molecule has 1 atom stereocenters. The topological polar surface area (TPSA) is 76.2 Å². The van der Waals surface area contributed by atoms with Crippen LogP contribution in [0.15, 0.2) is 29.2 Å². The SMILES string of the molecule is CC(=O)c1c(C)[nH]c(C(=O)[C@H](C)OC(=O)CSc2ccccc2F)c1C. The number of aromatic amines is 1. The second-order valence-electron chi connectivity index (χ2n) is 5.90. The Morgan fingerprint density at radius 3 is 2.46 bits per heavy atom. The van der Waals surface area contributed by atoms with Crippen LogP contribution in [0.1, 0.15) is 46.0 Å². The summed E-state index contributed by atoms with van der Waals surface area (Å²) in [6, 6.07) is 6.11. The highest BCUT2D eigenvalue weighted by molar-refractivity contribution is 8.00. The number of hydrogen-bond donors (Lipinski definition) is 1. The van der Waals surface area contributed by atoms with Crippen LogP contribution in [0.2, 0.25) is 0 Å². The van der Waals surface area contributed by atoms with Crippen molar-refractivity contribution >= 4 is 29.3 Å². The van der Waals surface area contributed by atoms with Crippen molar-refractivity contribution in [2.45, 2.75) is 38.7 Å². The number of halogens is 1. The van der Waals surface area contributed by atoms with Crippen molar-refractivity contribution in [1.29, 1.82) is 0 Å². The number of benzene rings is 1. The molecule has 0 saturated heterocycles. The molecule has 1 heterocycles. The Bertz CT molecular complexity index is 859. The van der Waals surface area contributed by atoms with Gasteiger partial charge in [-0.05, 0) is 45.4 Å². The third kappa shape index (κ3) is 4.40. The third-order valence-corrected chi connectivity index (χ3v) is 4.92. The Hall–Kier alpha value is -2.41. The summed E-state index contributed by atoms with van der Waals surface area (Å²) in [5.41, 5.74) is 1.88. The lowest BCUT2D eigenvalue weighted by Gasteiger charge is -2.12. The smallest absolute Gasteiger partial charge is 0.316 e. The normalized spacial score (nSPS) is 11.9. The summed E-state index contributed by atoms with van der Waals surface area (Å²) in [4.78, 5) is 39.4. The number of aromatic nitrogens is 1. The fourth-order valence-electron chi connectivity index (χ4n) is 2.71. The molecule has 0 aliphatic carbocycles. The number of carbonyl (C=O) groups excluding carboxylic acids is 3. The zero-order valence-electron chi connectivity index (χ0n) is 15.0. The number of ether oxygens (including phenoxy) is 1. The first kappa shape index (κ1) is 19.9. The summed E-state index contributed by atoms with van der Waals surface area (Å²) < 4.78 is 18.7. The van der Waals surface area contributed by atoms with Gasteiger partial charge in [0.25, 0.3) is 0 Å². The highest BCUT2D eigenvalue weighted by atomic mass is 32.2. The third-order valence-electron chi connectivity index (χ3n) is 3.90. The van der Waals surface area contributed by atoms with Crippen LogP contribution in [0.4, 0.5) is 4.39 Å². The molecule has 138 valence electrons. The van der Waals surface area contributed by atoms with E-state index in [1.165, 1.54) is 19.9 Å². The van der Waals surface area contributed by atoms with Gasteiger partial charge >= 0.3 is 5.97 Å². The fraction of sp³-hybridized carbons (Fsp3) is 0.316. The van der Waals surface area contributed by atoms with Crippen LogP contribution < -0.4 is 0 Å². The Morgan fingerprint density at radius 1 is 1.23 bits per heavy atom. The number of Topliss-reactive ketones (excluding diaryl/α,β-unsaturated/α-hetero) is 2. The standard InChI is InChI=1S/C19H20FNO4S/c1-10-17(12(3)22)11(2)21-18(10)19(24)13(4)25-16(23)9-26-15-8-6-5-7-14(15)20/h5-8,13,21H,9H2,1-4H3/t13-/m0/s1. The second kappa shape index (κ2) is 8.31. The fourth-order valence-corrected chi connectivity index (χ4v) is 3.43. The van der Waals surface area contributed by atoms with Gasteiger partial charge < -0.3 is 9.72 Å². The van der Waals surface area contributed by atoms with E-state index in [1.807, 2.05) is 0 Å². The largest absolute Gasteiger partial charge is 0.454 e. The second-order valence-corrected chi connectivity index (χ2v) is 6.91. The number of aryl methyl sites for hydroxylation is 1. The molecule has 0 bridgehead atoms. The van der Waals surface area contributed by atoms with Crippen LogP contribution in [-0.2, 0) is 9.53 Å². The van der Waals surface area contributed by atoms with Crippen molar-refractivity contribution in [2.75, 3.05) is 5.75 Å². The van der Waals surface area contributed by atoms with Gasteiger partial charge in [0, 0.05) is 16.2 Å². The van der Waals surface area contributed by atoms with E-state index in [0.29, 0.717) is 21.7 Å². The molecule has 26 heavy (non-hydrogen) atoms. The van der Waals surface area contributed by atoms with Gasteiger partial charge in [0.15, 0.2) is 11.9 Å². The molecule has 2 rings (SSSR count). The van der Waals surface area contributed by atoms with Gasteiger partial charge in [-0.3, -0.25) is 14.4 Å². The summed E-state index contributed by atoms with van der Waals surface area (Å²) in [7, 11) is 0. The Balaban J connectivity index is 2.01. The minimum atomic E-state index is -1.01. The van der Waals surface area contributed by atoms with Crippen molar-refractivity contribution in [3.05, 3.63) is 52.6 Å². The van der Waals surface area contributed by atoms with Gasteiger partial charge in [0.2, 0.25) is 5.78 Å². The van der Waals surface area contributed by atoms with E-state index in [0.717, 1.165) is 11.8 Å². The van der Waals surface area contributed by atoms with Crippen LogP contribution in [0.3, 0.4) is 0 Å². The van der Waals surface area contributed by atoms with Crippen molar-refractivity contribution in [2.24, 2.45) is 0 Å². The molecule has 5 nitrogen and oxygen atoms in total. The summed E-state index contributed by atoms with van der Waals surface area (Å²) >= 11 is 1.00. The number of rotatable bonds is 7. The number of H-pyrrole nitrogens is 1. The van der Waals surface area contributed by atoms with Gasteiger partial charge in [0.1, 0.15) is 5.82 Å². The Morgan fingerprint density at radius 2 is 1.88 bits per heavy atom. The molecule has 0 aliphatic rings. The van der Waals surface area contributed by atoms with Gasteiger partial charge in [-0.25, -0.2) is 4.39 Å². The summed E-state index contributed by atoms with van der Waals surface area (Å²) in [6.45, 7) is 6.29. The van der Waals surface area contributed by atoms with E-state index in [-0.39, 0.29) is 17.2 Å². The molecule has 7 heteroatoms. The minimum Gasteiger partial charge on any atom is -0.454 e. The molecule has 1 aromatic heterocycles. The number of hydrogen-bond acceptors (Lipinski definition) is 5. The molecular weight excluding hydrogens is 357 g/mol. The molecule has 0 aliphatic heterocycles. The first-order chi connectivity index (χ1) is 12.2. The average Bonchev–Trinajstić information content (AvgIpc) is 2.87. The molecule has 1 N–H and O–H groups in total. The molecule has 0 spiro atoms. The Kier molecular flexibility index (Phi) is 6.37. The highest BCUT2D eigenvalue weighted by Gasteiger charge is 2.26. The van der Waals surface area contributed by atoms with Crippen LogP contribution in [0, 0.1) is 19.7 Å². The molecular formula is C19H20FNO4S. The van der Waals surface area contributed by atoms with E-state index in [9.17, 15) is 18.8 Å². The maximum absolute atomic E-state index is 13.5. The minimum absolute atomic E-state index is 0.111. The molecule has 0 radical (unpaired) electrons. The molecule has 0 unspecified atom stereocenters. The van der Waals surface area contributed by atoms with E-state index >= 15 is 0 Å². The predicted molar refractivity (Wildman–Crippen MR) is 97.3 cm³/mol. The van der Waals surface area contributed by atoms with Gasteiger partial charge in [-0.2, -0.15) is 0 Å². The van der Waals surface area contributed by atoms with Crippen molar-refractivity contribution in [3.8, 4) is 0 Å². The lowest BCUT2D eigenvalue weighted by atomic mass is 10.0. The van der Waals surface area contributed by atoms with Gasteiger partial charge in [-0.1, -0.05) is 12.1 Å². The maximum Gasteiger partial charge on any atom is 0.316 e. The average molecular weight is 377 g/mol.